The van der Waals surface area contributed by atoms with Gasteiger partial charge in [0.15, 0.2) is 0 Å². The Morgan fingerprint density at radius 2 is 2.08 bits per heavy atom. The van der Waals surface area contributed by atoms with Crippen molar-refractivity contribution in [3.05, 3.63) is 65.5 Å². The van der Waals surface area contributed by atoms with E-state index in [4.69, 9.17) is 0 Å². The Bertz CT molecular complexity index is 991. The summed E-state index contributed by atoms with van der Waals surface area (Å²) in [6, 6.07) is 15.4. The molecular weight excluding hydrogens is 298 g/mol. The van der Waals surface area contributed by atoms with Crippen molar-refractivity contribution < 1.29 is 4.79 Å². The van der Waals surface area contributed by atoms with E-state index in [1.54, 1.807) is 6.33 Å². The molecule has 118 valence electrons. The Kier molecular flexibility index (Phi) is 2.27. The molecule has 0 spiro atoms. The smallest absolute Gasteiger partial charge is 0.254 e. The van der Waals surface area contributed by atoms with E-state index in [0.29, 0.717) is 23.9 Å². The van der Waals surface area contributed by atoms with Crippen molar-refractivity contribution >= 4 is 16.9 Å². The number of benzene rings is 2. The first kappa shape index (κ1) is 12.8. The molecule has 1 aliphatic heterocycles. The molecular formula is C20H17N3O. The molecule has 2 fully saturated rings. The third-order valence-corrected chi connectivity index (χ3v) is 6.35. The second-order valence-electron chi connectivity index (χ2n) is 7.30. The fraction of sp³-hybridized carbons (Fsp3) is 0.300. The standard InChI is InChI=1S/C20H17N3O/c24-20(12-5-6-15-16(7-12)22-10-21-15)23-17-8-11-3-1-2-4-13(11)14-9-18(23)19(14)17/h1-7,10,14,17-19H,8-9H2,(H,21,22)/t14-,17+,18?,19+/m0/s1. The number of imidazole rings is 1. The van der Waals surface area contributed by atoms with Crippen LogP contribution in [0, 0.1) is 5.92 Å². The Labute approximate surface area is 139 Å². The number of amides is 1. The number of H-pyrrole nitrogens is 1. The molecule has 2 heterocycles. The van der Waals surface area contributed by atoms with Crippen LogP contribution in [0.15, 0.2) is 48.8 Å². The zero-order chi connectivity index (χ0) is 15.8. The van der Waals surface area contributed by atoms with Gasteiger partial charge in [0.1, 0.15) is 0 Å². The van der Waals surface area contributed by atoms with Crippen LogP contribution < -0.4 is 0 Å². The van der Waals surface area contributed by atoms with Crippen molar-refractivity contribution in [2.75, 3.05) is 0 Å². The predicted molar refractivity (Wildman–Crippen MR) is 90.8 cm³/mol. The fourth-order valence-electron chi connectivity index (χ4n) is 5.20. The van der Waals surface area contributed by atoms with E-state index in [-0.39, 0.29) is 5.91 Å². The quantitative estimate of drug-likeness (QED) is 0.750. The van der Waals surface area contributed by atoms with Gasteiger partial charge in [0.25, 0.3) is 5.91 Å². The van der Waals surface area contributed by atoms with E-state index in [2.05, 4.69) is 39.1 Å². The number of nitrogens with one attached hydrogen (secondary N) is 1. The van der Waals surface area contributed by atoms with Crippen LogP contribution in [0.2, 0.25) is 0 Å². The fourth-order valence-corrected chi connectivity index (χ4v) is 5.20. The van der Waals surface area contributed by atoms with Crippen LogP contribution in [0.4, 0.5) is 0 Å². The number of fused-ring (bicyclic) bond motifs is 3. The molecule has 0 radical (unpaired) electrons. The van der Waals surface area contributed by atoms with Crippen molar-refractivity contribution in [1.29, 1.82) is 0 Å². The van der Waals surface area contributed by atoms with Crippen LogP contribution in [-0.4, -0.2) is 32.9 Å². The van der Waals surface area contributed by atoms with Crippen LogP contribution >= 0.6 is 0 Å². The molecule has 4 atom stereocenters. The summed E-state index contributed by atoms with van der Waals surface area (Å²) in [4.78, 5) is 22.6. The second-order valence-corrected chi connectivity index (χ2v) is 7.30. The highest BCUT2D eigenvalue weighted by atomic mass is 16.2. The number of carbonyl (C=O) groups excluding carboxylic acids is 1. The van der Waals surface area contributed by atoms with E-state index in [1.807, 2.05) is 18.2 Å². The average molecular weight is 315 g/mol. The van der Waals surface area contributed by atoms with Crippen LogP contribution in [-0.2, 0) is 6.42 Å². The molecule has 1 N–H and O–H groups in total. The summed E-state index contributed by atoms with van der Waals surface area (Å²) in [5, 5.41) is 0. The van der Waals surface area contributed by atoms with Crippen LogP contribution in [0.1, 0.15) is 33.8 Å². The van der Waals surface area contributed by atoms with E-state index >= 15 is 0 Å². The molecule has 1 saturated heterocycles. The lowest BCUT2D eigenvalue weighted by Crippen LogP contribution is -2.75. The van der Waals surface area contributed by atoms with E-state index < -0.39 is 0 Å². The topological polar surface area (TPSA) is 49.0 Å². The summed E-state index contributed by atoms with van der Waals surface area (Å²) in [6.07, 6.45) is 3.80. The molecule has 0 bridgehead atoms. The number of likely N-dealkylation sites (tertiary alicyclic amines) is 1. The first-order chi connectivity index (χ1) is 11.8. The number of aromatic amines is 1. The van der Waals surface area contributed by atoms with Crippen molar-refractivity contribution in [2.45, 2.75) is 30.8 Å². The van der Waals surface area contributed by atoms with Gasteiger partial charge in [0.05, 0.1) is 17.4 Å². The lowest BCUT2D eigenvalue weighted by Gasteiger charge is -2.68. The molecule has 6 rings (SSSR count). The Hall–Kier alpha value is -2.62. The van der Waals surface area contributed by atoms with Crippen molar-refractivity contribution in [2.24, 2.45) is 5.92 Å². The molecule has 1 amide bonds. The highest BCUT2D eigenvalue weighted by Crippen LogP contribution is 2.60. The van der Waals surface area contributed by atoms with Gasteiger partial charge in [-0.15, -0.1) is 0 Å². The Morgan fingerprint density at radius 3 is 3.04 bits per heavy atom. The molecule has 1 aromatic heterocycles. The van der Waals surface area contributed by atoms with Crippen molar-refractivity contribution in [3.8, 4) is 0 Å². The minimum Gasteiger partial charge on any atom is -0.345 e. The number of carbonyl (C=O) groups is 1. The van der Waals surface area contributed by atoms with E-state index in [1.165, 1.54) is 11.1 Å². The van der Waals surface area contributed by atoms with E-state index in [0.717, 1.165) is 29.4 Å². The zero-order valence-corrected chi connectivity index (χ0v) is 13.1. The lowest BCUT2D eigenvalue weighted by atomic mass is 9.51. The Balaban J connectivity index is 1.35. The normalized spacial score (nSPS) is 29.4. The maximum absolute atomic E-state index is 13.1. The van der Waals surface area contributed by atoms with Gasteiger partial charge in [-0.25, -0.2) is 4.98 Å². The van der Waals surface area contributed by atoms with Crippen LogP contribution in [0.3, 0.4) is 0 Å². The summed E-state index contributed by atoms with van der Waals surface area (Å²) in [6.45, 7) is 0. The summed E-state index contributed by atoms with van der Waals surface area (Å²) in [5.41, 5.74) is 5.57. The van der Waals surface area contributed by atoms with Gasteiger partial charge in [-0.3, -0.25) is 4.79 Å². The van der Waals surface area contributed by atoms with Crippen molar-refractivity contribution in [1.82, 2.24) is 14.9 Å². The molecule has 3 aliphatic rings. The number of aromatic nitrogens is 2. The van der Waals surface area contributed by atoms with Crippen LogP contribution in [0.5, 0.6) is 0 Å². The summed E-state index contributed by atoms with van der Waals surface area (Å²) >= 11 is 0. The lowest BCUT2D eigenvalue weighted by molar-refractivity contribution is -0.116. The number of rotatable bonds is 1. The number of piperidine rings is 1. The molecule has 1 unspecified atom stereocenters. The molecule has 4 heteroatoms. The maximum atomic E-state index is 13.1. The van der Waals surface area contributed by atoms with Gasteiger partial charge in [-0.2, -0.15) is 0 Å². The van der Waals surface area contributed by atoms with Gasteiger partial charge in [0.2, 0.25) is 0 Å². The molecule has 4 nitrogen and oxygen atoms in total. The molecule has 2 aromatic carbocycles. The monoisotopic (exact) mass is 315 g/mol. The van der Waals surface area contributed by atoms with Crippen LogP contribution in [0.25, 0.3) is 11.0 Å². The SMILES string of the molecule is O=C(c1ccc2nc[nH]c2c1)N1C2C[C@H]3c4ccccc4C[C@@H]1[C@H]23. The third kappa shape index (κ3) is 1.44. The summed E-state index contributed by atoms with van der Waals surface area (Å²) < 4.78 is 0. The number of nitrogens with zero attached hydrogens (tertiary/aromatic N) is 2. The van der Waals surface area contributed by atoms with Gasteiger partial charge in [-0.05, 0) is 48.1 Å². The predicted octanol–water partition coefficient (Wildman–Crippen LogP) is 3.12. The molecule has 24 heavy (non-hydrogen) atoms. The largest absolute Gasteiger partial charge is 0.345 e. The zero-order valence-electron chi connectivity index (χ0n) is 13.1. The average Bonchev–Trinajstić information content (AvgIpc) is 3.04. The highest BCUT2D eigenvalue weighted by molar-refractivity contribution is 5.98. The molecule has 1 saturated carbocycles. The number of hydrogen-bond acceptors (Lipinski definition) is 2. The second kappa shape index (κ2) is 4.26. The highest BCUT2D eigenvalue weighted by Gasteiger charge is 2.63. The minimum absolute atomic E-state index is 0.176. The molecule has 3 aromatic rings. The maximum Gasteiger partial charge on any atom is 0.254 e. The Morgan fingerprint density at radius 1 is 1.17 bits per heavy atom. The minimum atomic E-state index is 0.176. The van der Waals surface area contributed by atoms with Gasteiger partial charge < -0.3 is 9.88 Å². The third-order valence-electron chi connectivity index (χ3n) is 6.35. The number of hydrogen-bond donors (Lipinski definition) is 1. The summed E-state index contributed by atoms with van der Waals surface area (Å²) in [5.74, 6) is 1.53. The van der Waals surface area contributed by atoms with Gasteiger partial charge in [-0.1, -0.05) is 24.3 Å². The van der Waals surface area contributed by atoms with Crippen molar-refractivity contribution in [3.63, 3.8) is 0 Å². The first-order valence-corrected chi connectivity index (χ1v) is 8.65. The van der Waals surface area contributed by atoms with Gasteiger partial charge in [0, 0.05) is 23.6 Å². The first-order valence-electron chi connectivity index (χ1n) is 8.65. The van der Waals surface area contributed by atoms with Gasteiger partial charge >= 0.3 is 0 Å². The van der Waals surface area contributed by atoms with E-state index in [9.17, 15) is 4.79 Å². The summed E-state index contributed by atoms with van der Waals surface area (Å²) in [7, 11) is 0. The molecule has 2 aliphatic carbocycles.